The summed E-state index contributed by atoms with van der Waals surface area (Å²) in [7, 11) is 0. The Morgan fingerprint density at radius 3 is 2.69 bits per heavy atom. The molecule has 0 spiro atoms. The summed E-state index contributed by atoms with van der Waals surface area (Å²) < 4.78 is 11.5. The third-order valence-electron chi connectivity index (χ3n) is 5.90. The summed E-state index contributed by atoms with van der Waals surface area (Å²) in [4.78, 5) is 27.0. The first-order chi connectivity index (χ1) is 17.5. The van der Waals surface area contributed by atoms with Gasteiger partial charge in [0.2, 0.25) is 0 Å². The van der Waals surface area contributed by atoms with Gasteiger partial charge in [0, 0.05) is 11.4 Å². The third kappa shape index (κ3) is 6.17. The molecule has 0 radical (unpaired) electrons. The predicted octanol–water partition coefficient (Wildman–Crippen LogP) is 2.27. The van der Waals surface area contributed by atoms with E-state index in [0.717, 1.165) is 36.2 Å². The van der Waals surface area contributed by atoms with E-state index in [0.29, 0.717) is 44.1 Å². The predicted molar refractivity (Wildman–Crippen MR) is 130 cm³/mol. The highest BCUT2D eigenvalue weighted by molar-refractivity contribution is 7.16. The van der Waals surface area contributed by atoms with Gasteiger partial charge in [-0.3, -0.25) is 14.6 Å². The Labute approximate surface area is 213 Å². The van der Waals surface area contributed by atoms with E-state index in [9.17, 15) is 14.9 Å². The van der Waals surface area contributed by atoms with Crippen LogP contribution < -0.4 is 4.90 Å². The normalized spacial score (nSPS) is 16.5. The fourth-order valence-electron chi connectivity index (χ4n) is 4.39. The molecule has 1 aliphatic heterocycles. The number of aromatic nitrogens is 3. The van der Waals surface area contributed by atoms with Gasteiger partial charge in [-0.1, -0.05) is 10.4 Å². The molecule has 2 aliphatic rings. The molecule has 3 heterocycles. The first-order valence-corrected chi connectivity index (χ1v) is 13.0. The summed E-state index contributed by atoms with van der Waals surface area (Å²) in [5.74, 6) is -0.721. The Balaban J connectivity index is 1.53. The Kier molecular flexibility index (Phi) is 8.48. The molecule has 1 aliphatic carbocycles. The van der Waals surface area contributed by atoms with Crippen LogP contribution in [0.4, 0.5) is 5.00 Å². The summed E-state index contributed by atoms with van der Waals surface area (Å²) in [6, 6.07) is 2.24. The molecule has 13 heteroatoms. The van der Waals surface area contributed by atoms with Crippen molar-refractivity contribution in [3.8, 4) is 6.07 Å². The maximum atomic E-state index is 11.8. The standard InChI is InChI=1S/C23H30N8O4S/c1-3-34-21(32)14-30-12-16(25-27-30)10-29(11-17-13-31(28-26-17)15-22(33)35-4-2)23-19(9-24)18-7-5-6-8-20(18)36-23/h12,17H,3-8,10-11,13-15H2,1-2H3. The highest BCUT2D eigenvalue weighted by atomic mass is 32.1. The Morgan fingerprint density at radius 1 is 1.19 bits per heavy atom. The molecule has 0 saturated carbocycles. The van der Waals surface area contributed by atoms with Crippen molar-refractivity contribution in [2.45, 2.75) is 58.7 Å². The fraction of sp³-hybridized carbons (Fsp3) is 0.609. The van der Waals surface area contributed by atoms with Gasteiger partial charge in [0.25, 0.3) is 0 Å². The Bertz CT molecular complexity index is 1150. The monoisotopic (exact) mass is 514 g/mol. The zero-order chi connectivity index (χ0) is 25.5. The molecule has 36 heavy (non-hydrogen) atoms. The third-order valence-corrected chi connectivity index (χ3v) is 7.25. The number of hydrogen-bond acceptors (Lipinski definition) is 12. The smallest absolute Gasteiger partial charge is 0.327 e. The number of carbonyl (C=O) groups excluding carboxylic acids is 2. The van der Waals surface area contributed by atoms with E-state index in [-0.39, 0.29) is 31.1 Å². The molecule has 4 rings (SSSR count). The lowest BCUT2D eigenvalue weighted by atomic mass is 9.96. The molecule has 192 valence electrons. The van der Waals surface area contributed by atoms with Crippen molar-refractivity contribution in [1.29, 1.82) is 5.26 Å². The maximum Gasteiger partial charge on any atom is 0.327 e. The fourth-order valence-corrected chi connectivity index (χ4v) is 5.74. The van der Waals surface area contributed by atoms with Crippen LogP contribution in [0.25, 0.3) is 0 Å². The molecule has 0 fully saturated rings. The van der Waals surface area contributed by atoms with Gasteiger partial charge in [-0.05, 0) is 45.1 Å². The molecule has 1 atom stereocenters. The Morgan fingerprint density at radius 2 is 1.94 bits per heavy atom. The van der Waals surface area contributed by atoms with E-state index in [2.05, 4.69) is 31.6 Å². The number of rotatable bonds is 11. The average molecular weight is 515 g/mol. The molecule has 0 aromatic carbocycles. The molecule has 12 nitrogen and oxygen atoms in total. The lowest BCUT2D eigenvalue weighted by Crippen LogP contribution is -2.36. The van der Waals surface area contributed by atoms with Crippen LogP contribution in [0.2, 0.25) is 0 Å². The molecule has 1 unspecified atom stereocenters. The second kappa shape index (κ2) is 11.9. The molecule has 0 N–H and O–H groups in total. The van der Waals surface area contributed by atoms with Crippen molar-refractivity contribution >= 4 is 28.3 Å². The lowest BCUT2D eigenvalue weighted by molar-refractivity contribution is -0.145. The molecule has 2 aromatic heterocycles. The average Bonchev–Trinajstić information content (AvgIpc) is 3.57. The number of anilines is 1. The van der Waals surface area contributed by atoms with Crippen LogP contribution in [0.1, 0.15) is 48.4 Å². The first kappa shape index (κ1) is 25.6. The summed E-state index contributed by atoms with van der Waals surface area (Å²) in [5.41, 5.74) is 2.52. The number of hydrogen-bond donors (Lipinski definition) is 0. The van der Waals surface area contributed by atoms with E-state index in [1.807, 2.05) is 0 Å². The highest BCUT2D eigenvalue weighted by Crippen LogP contribution is 2.40. The molecule has 0 bridgehead atoms. The number of aryl methyl sites for hydroxylation is 1. The second-order valence-electron chi connectivity index (χ2n) is 8.61. The number of thiophene rings is 1. The van der Waals surface area contributed by atoms with Crippen molar-refractivity contribution in [2.75, 3.05) is 37.7 Å². The maximum absolute atomic E-state index is 11.8. The number of nitrogens with zero attached hydrogens (tertiary/aromatic N) is 8. The minimum atomic E-state index is -0.378. The van der Waals surface area contributed by atoms with Gasteiger partial charge in [-0.25, -0.2) is 4.68 Å². The van der Waals surface area contributed by atoms with Crippen molar-refractivity contribution in [1.82, 2.24) is 20.0 Å². The SMILES string of the molecule is CCOC(=O)CN1CC(CN(Cc2cn(CC(=O)OCC)nn2)c2sc3c(c2C#N)CCCC3)N=N1. The van der Waals surface area contributed by atoms with Gasteiger partial charge in [0.15, 0.2) is 0 Å². The number of nitriles is 1. The quantitative estimate of drug-likeness (QED) is 0.413. The van der Waals surface area contributed by atoms with Crippen LogP contribution in [0.15, 0.2) is 16.5 Å². The van der Waals surface area contributed by atoms with E-state index in [4.69, 9.17) is 9.47 Å². The van der Waals surface area contributed by atoms with Gasteiger partial charge in [-0.15, -0.1) is 16.4 Å². The minimum absolute atomic E-state index is 0.0166. The molecular formula is C23H30N8O4S. The van der Waals surface area contributed by atoms with E-state index < -0.39 is 0 Å². The second-order valence-corrected chi connectivity index (χ2v) is 9.69. The number of carbonyl (C=O) groups is 2. The zero-order valence-corrected chi connectivity index (χ0v) is 21.4. The van der Waals surface area contributed by atoms with Gasteiger partial charge in [0.05, 0.1) is 38.1 Å². The van der Waals surface area contributed by atoms with Crippen molar-refractivity contribution in [2.24, 2.45) is 10.3 Å². The Hall–Kier alpha value is -3.53. The minimum Gasteiger partial charge on any atom is -0.465 e. The number of fused-ring (bicyclic) bond motifs is 1. The van der Waals surface area contributed by atoms with E-state index in [1.165, 1.54) is 9.56 Å². The van der Waals surface area contributed by atoms with Gasteiger partial charge in [0.1, 0.15) is 35.9 Å². The molecule has 0 saturated heterocycles. The van der Waals surface area contributed by atoms with Crippen LogP contribution >= 0.6 is 11.3 Å². The van der Waals surface area contributed by atoms with Crippen molar-refractivity contribution in [3.63, 3.8) is 0 Å². The summed E-state index contributed by atoms with van der Waals surface area (Å²) >= 11 is 1.65. The number of esters is 2. The zero-order valence-electron chi connectivity index (χ0n) is 20.6. The highest BCUT2D eigenvalue weighted by Gasteiger charge is 2.29. The number of ether oxygens (including phenoxy) is 2. The topological polar surface area (TPSA) is 138 Å². The van der Waals surface area contributed by atoms with Crippen LogP contribution in [0, 0.1) is 11.3 Å². The van der Waals surface area contributed by atoms with Crippen LogP contribution in [0.3, 0.4) is 0 Å². The van der Waals surface area contributed by atoms with Crippen LogP contribution in [-0.4, -0.2) is 70.8 Å². The summed E-state index contributed by atoms with van der Waals surface area (Å²) in [5, 5.41) is 29.3. The van der Waals surface area contributed by atoms with Gasteiger partial charge in [-0.2, -0.15) is 10.4 Å². The van der Waals surface area contributed by atoms with Gasteiger partial charge >= 0.3 is 11.9 Å². The molecule has 2 aromatic rings. The van der Waals surface area contributed by atoms with Crippen molar-refractivity contribution in [3.05, 3.63) is 27.9 Å². The summed E-state index contributed by atoms with van der Waals surface area (Å²) in [6.45, 7) is 5.52. The van der Waals surface area contributed by atoms with E-state index >= 15 is 0 Å². The summed E-state index contributed by atoms with van der Waals surface area (Å²) in [6.07, 6.45) is 5.81. The van der Waals surface area contributed by atoms with Gasteiger partial charge < -0.3 is 14.4 Å². The van der Waals surface area contributed by atoms with E-state index in [1.54, 1.807) is 36.4 Å². The van der Waals surface area contributed by atoms with Crippen LogP contribution in [0.5, 0.6) is 0 Å². The van der Waals surface area contributed by atoms with Crippen molar-refractivity contribution < 1.29 is 19.1 Å². The largest absolute Gasteiger partial charge is 0.465 e. The lowest BCUT2D eigenvalue weighted by Gasteiger charge is -2.24. The molecule has 0 amide bonds. The van der Waals surface area contributed by atoms with Crippen LogP contribution in [-0.2, 0) is 45.0 Å². The molecular weight excluding hydrogens is 484 g/mol. The first-order valence-electron chi connectivity index (χ1n) is 12.2.